The second kappa shape index (κ2) is 11.1. The summed E-state index contributed by atoms with van der Waals surface area (Å²) in [4.78, 5) is 21.7. The molecule has 58 valence electrons. The Kier molecular flexibility index (Phi) is 14.8. The monoisotopic (exact) mass is 156 g/mol. The summed E-state index contributed by atoms with van der Waals surface area (Å²) in [5.41, 5.74) is 0. The molecule has 9 heavy (non-hydrogen) atoms. The highest BCUT2D eigenvalue weighted by atomic mass is 31.2. The molecule has 0 unspecified atom stereocenters. The molecule has 0 aliphatic rings. The van der Waals surface area contributed by atoms with E-state index in [4.69, 9.17) is 19.4 Å². The van der Waals surface area contributed by atoms with E-state index in [1.165, 1.54) is 0 Å². The summed E-state index contributed by atoms with van der Waals surface area (Å²) in [5, 5.41) is 0. The van der Waals surface area contributed by atoms with Gasteiger partial charge in [0.25, 0.3) is 0 Å². The van der Waals surface area contributed by atoms with E-state index < -0.39 is 8.60 Å². The molecule has 0 saturated carbocycles. The van der Waals surface area contributed by atoms with Gasteiger partial charge in [0.05, 0.1) is 0 Å². The molecule has 4 nitrogen and oxygen atoms in total. The molecule has 0 heterocycles. The van der Waals surface area contributed by atoms with Crippen molar-refractivity contribution in [1.82, 2.24) is 0 Å². The lowest BCUT2D eigenvalue weighted by atomic mass is 10.8. The summed E-state index contributed by atoms with van der Waals surface area (Å²) in [6, 6.07) is 0. The Labute approximate surface area is 56.1 Å². The van der Waals surface area contributed by atoms with Gasteiger partial charge in [-0.05, 0) is 13.8 Å². The zero-order valence-electron chi connectivity index (χ0n) is 5.61. The van der Waals surface area contributed by atoms with Crippen LogP contribution in [0, 0.1) is 0 Å². The van der Waals surface area contributed by atoms with Crippen LogP contribution in [0.2, 0.25) is 0 Å². The first-order valence-corrected chi connectivity index (χ1v) is 3.79. The number of hydrogen-bond acceptors (Lipinski definition) is 4. The van der Waals surface area contributed by atoms with Crippen LogP contribution in [0.5, 0.6) is 0 Å². The van der Waals surface area contributed by atoms with Crippen molar-refractivity contribution in [2.75, 3.05) is 13.2 Å². The van der Waals surface area contributed by atoms with Gasteiger partial charge in [0.15, 0.2) is 0 Å². The van der Waals surface area contributed by atoms with Gasteiger partial charge in [-0.3, -0.25) is 0 Å². The lowest BCUT2D eigenvalue weighted by Crippen LogP contribution is -1.84. The van der Waals surface area contributed by atoms with E-state index in [1.807, 2.05) is 13.8 Å². The third-order valence-corrected chi connectivity index (χ3v) is 0.408. The molecule has 3 N–H and O–H groups in total. The van der Waals surface area contributed by atoms with E-state index >= 15 is 0 Å². The van der Waals surface area contributed by atoms with Crippen molar-refractivity contribution >= 4 is 8.60 Å². The van der Waals surface area contributed by atoms with E-state index in [-0.39, 0.29) is 0 Å². The van der Waals surface area contributed by atoms with Crippen LogP contribution in [0.4, 0.5) is 0 Å². The van der Waals surface area contributed by atoms with Crippen LogP contribution in [0.3, 0.4) is 0 Å². The van der Waals surface area contributed by atoms with Gasteiger partial charge < -0.3 is 19.4 Å². The van der Waals surface area contributed by atoms with Gasteiger partial charge in [-0.1, -0.05) is 0 Å². The Morgan fingerprint density at radius 3 is 1.33 bits per heavy atom. The third-order valence-electron chi connectivity index (χ3n) is 0.408. The minimum Gasteiger partial charge on any atom is -0.382 e. The lowest BCUT2D eigenvalue weighted by Gasteiger charge is -1.86. The first-order valence-electron chi connectivity index (χ1n) is 2.59. The fraction of sp³-hybridized carbons (Fsp3) is 1.00. The molecule has 0 saturated heterocycles. The van der Waals surface area contributed by atoms with Crippen LogP contribution in [-0.2, 0) is 4.74 Å². The van der Waals surface area contributed by atoms with Gasteiger partial charge in [-0.25, -0.2) is 0 Å². The zero-order valence-corrected chi connectivity index (χ0v) is 6.51. The van der Waals surface area contributed by atoms with E-state index in [1.54, 1.807) is 0 Å². The third kappa shape index (κ3) is 63.1. The molecule has 0 rings (SSSR count). The van der Waals surface area contributed by atoms with Crippen molar-refractivity contribution in [3.05, 3.63) is 0 Å². The molecule has 0 aliphatic carbocycles. The molecule has 0 fully saturated rings. The Bertz CT molecular complexity index is 36.8. The Morgan fingerprint density at radius 1 is 1.11 bits per heavy atom. The van der Waals surface area contributed by atoms with Crippen LogP contribution < -0.4 is 0 Å². The van der Waals surface area contributed by atoms with Crippen LogP contribution in [0.1, 0.15) is 13.8 Å². The molecule has 0 aromatic rings. The van der Waals surface area contributed by atoms with Crippen LogP contribution in [0.25, 0.3) is 0 Å². The van der Waals surface area contributed by atoms with Crippen LogP contribution in [-0.4, -0.2) is 27.9 Å². The van der Waals surface area contributed by atoms with Crippen molar-refractivity contribution in [3.8, 4) is 0 Å². The van der Waals surface area contributed by atoms with E-state index in [9.17, 15) is 0 Å². The van der Waals surface area contributed by atoms with Gasteiger partial charge in [-0.15, -0.1) is 0 Å². The van der Waals surface area contributed by atoms with Crippen molar-refractivity contribution in [3.63, 3.8) is 0 Å². The smallest absolute Gasteiger partial charge is 0.324 e. The number of rotatable bonds is 2. The summed E-state index contributed by atoms with van der Waals surface area (Å²) in [6.07, 6.45) is 0. The fourth-order valence-electron chi connectivity index (χ4n) is 0.204. The maximum atomic E-state index is 7.23. The molecule has 0 spiro atoms. The summed E-state index contributed by atoms with van der Waals surface area (Å²) in [7, 11) is -2.62. The summed E-state index contributed by atoms with van der Waals surface area (Å²) in [5.74, 6) is 0. The minimum atomic E-state index is -2.62. The lowest BCUT2D eigenvalue weighted by molar-refractivity contribution is 0.162. The minimum absolute atomic E-state index is 0.844. The molecule has 0 amide bonds. The maximum absolute atomic E-state index is 7.23. The molecule has 0 aliphatic heterocycles. The van der Waals surface area contributed by atoms with E-state index in [2.05, 4.69) is 0 Å². The molecule has 0 bridgehead atoms. The van der Waals surface area contributed by atoms with Gasteiger partial charge in [0.1, 0.15) is 0 Å². The Balaban J connectivity index is 0. The molecular formula is C4H13O4P. The predicted octanol–water partition coefficient (Wildman–Crippen LogP) is 0.233. The summed E-state index contributed by atoms with van der Waals surface area (Å²) >= 11 is 0. The number of hydrogen-bond donors (Lipinski definition) is 3. The highest BCUT2D eigenvalue weighted by Gasteiger charge is 1.76. The highest BCUT2D eigenvalue weighted by molar-refractivity contribution is 7.38. The number of ether oxygens (including phenoxy) is 1. The van der Waals surface area contributed by atoms with Crippen molar-refractivity contribution in [2.45, 2.75) is 13.8 Å². The van der Waals surface area contributed by atoms with E-state index in [0.717, 1.165) is 13.2 Å². The van der Waals surface area contributed by atoms with Gasteiger partial charge >= 0.3 is 8.60 Å². The molecule has 0 aromatic carbocycles. The van der Waals surface area contributed by atoms with Gasteiger partial charge in [0, 0.05) is 13.2 Å². The van der Waals surface area contributed by atoms with E-state index in [0.29, 0.717) is 0 Å². The summed E-state index contributed by atoms with van der Waals surface area (Å²) in [6.45, 7) is 5.67. The highest BCUT2D eigenvalue weighted by Crippen LogP contribution is 2.11. The molecule has 5 heteroatoms. The second-order valence-corrected chi connectivity index (χ2v) is 1.59. The Hall–Kier alpha value is 0.270. The first kappa shape index (κ1) is 12.0. The summed E-state index contributed by atoms with van der Waals surface area (Å²) < 4.78 is 4.83. The topological polar surface area (TPSA) is 69.9 Å². The van der Waals surface area contributed by atoms with Crippen LogP contribution in [0.15, 0.2) is 0 Å². The Morgan fingerprint density at radius 2 is 1.33 bits per heavy atom. The SMILES string of the molecule is CCOCC.OP(O)O. The predicted molar refractivity (Wildman–Crippen MR) is 35.7 cm³/mol. The van der Waals surface area contributed by atoms with Crippen molar-refractivity contribution in [2.24, 2.45) is 0 Å². The average Bonchev–Trinajstić information content (AvgIpc) is 1.66. The standard InChI is InChI=1S/C4H10O.H3O3P/c1-3-5-4-2;1-4(2)3/h3-4H2,1-2H3;1-3H. The molecular weight excluding hydrogens is 143 g/mol. The second-order valence-electron chi connectivity index (χ2n) is 1.05. The zero-order chi connectivity index (χ0) is 7.70. The molecule has 0 atom stereocenters. The average molecular weight is 156 g/mol. The molecule has 0 radical (unpaired) electrons. The molecule has 0 aromatic heterocycles. The van der Waals surface area contributed by atoms with Crippen molar-refractivity contribution in [1.29, 1.82) is 0 Å². The fourth-order valence-corrected chi connectivity index (χ4v) is 0.204. The maximum Gasteiger partial charge on any atom is 0.324 e. The first-order chi connectivity index (χ1) is 4.15. The largest absolute Gasteiger partial charge is 0.382 e. The van der Waals surface area contributed by atoms with Crippen LogP contribution >= 0.6 is 8.60 Å². The van der Waals surface area contributed by atoms with Gasteiger partial charge in [0.2, 0.25) is 0 Å². The quantitative estimate of drug-likeness (QED) is 0.500. The van der Waals surface area contributed by atoms with Crippen molar-refractivity contribution < 1.29 is 19.4 Å². The van der Waals surface area contributed by atoms with Gasteiger partial charge in [-0.2, -0.15) is 0 Å². The normalized spacial score (nSPS) is 8.67.